The molecule has 20 heavy (non-hydrogen) atoms. The predicted octanol–water partition coefficient (Wildman–Crippen LogP) is 1.40. The lowest BCUT2D eigenvalue weighted by Gasteiger charge is -2.01. The third-order valence-electron chi connectivity index (χ3n) is 2.23. The molecule has 10 heteroatoms. The fourth-order valence-corrected chi connectivity index (χ4v) is 1.53. The Morgan fingerprint density at radius 1 is 1.55 bits per heavy atom. The topological polar surface area (TPSA) is 113 Å². The van der Waals surface area contributed by atoms with Gasteiger partial charge in [-0.3, -0.25) is 10.1 Å². The molecule has 0 aliphatic carbocycles. The standard InChI is InChI=1S/C10H8ClN5O4/c1-2-20-9(17)6-3-13-15(5-6)8-7(16(18)19)4-12-10(11)14-8/h3-5H,2H2,1H3. The van der Waals surface area contributed by atoms with Crippen molar-refractivity contribution in [3.8, 4) is 5.82 Å². The van der Waals surface area contributed by atoms with Crippen molar-refractivity contribution >= 4 is 23.3 Å². The van der Waals surface area contributed by atoms with E-state index < -0.39 is 10.9 Å². The Bertz CT molecular complexity index is 671. The molecule has 0 saturated heterocycles. The van der Waals surface area contributed by atoms with Gasteiger partial charge in [-0.2, -0.15) is 10.1 Å². The first kappa shape index (κ1) is 13.9. The molecule has 2 aromatic heterocycles. The van der Waals surface area contributed by atoms with Crippen LogP contribution in [0.4, 0.5) is 5.69 Å². The van der Waals surface area contributed by atoms with Gasteiger partial charge in [-0.05, 0) is 18.5 Å². The van der Waals surface area contributed by atoms with Crippen LogP contribution >= 0.6 is 11.6 Å². The van der Waals surface area contributed by atoms with Gasteiger partial charge in [0, 0.05) is 6.20 Å². The minimum absolute atomic E-state index is 0.134. The number of halogens is 1. The van der Waals surface area contributed by atoms with Crippen LogP contribution in [0.25, 0.3) is 5.82 Å². The summed E-state index contributed by atoms with van der Waals surface area (Å²) in [7, 11) is 0. The van der Waals surface area contributed by atoms with Crippen molar-refractivity contribution in [2.45, 2.75) is 6.92 Å². The quantitative estimate of drug-likeness (QED) is 0.362. The molecule has 0 amide bonds. The summed E-state index contributed by atoms with van der Waals surface area (Å²) in [6.45, 7) is 1.88. The number of hydrogen-bond donors (Lipinski definition) is 0. The van der Waals surface area contributed by atoms with E-state index >= 15 is 0 Å². The molecule has 0 fully saturated rings. The molecule has 0 atom stereocenters. The molecule has 0 aliphatic rings. The largest absolute Gasteiger partial charge is 0.462 e. The zero-order valence-corrected chi connectivity index (χ0v) is 10.9. The van der Waals surface area contributed by atoms with E-state index in [0.717, 1.165) is 10.9 Å². The maximum absolute atomic E-state index is 11.5. The molecule has 9 nitrogen and oxygen atoms in total. The van der Waals surface area contributed by atoms with E-state index in [1.54, 1.807) is 6.92 Å². The number of carbonyl (C=O) groups is 1. The number of nitrogens with zero attached hydrogens (tertiary/aromatic N) is 5. The average molecular weight is 298 g/mol. The van der Waals surface area contributed by atoms with Crippen molar-refractivity contribution in [2.75, 3.05) is 6.61 Å². The third-order valence-corrected chi connectivity index (χ3v) is 2.41. The molecule has 0 aromatic carbocycles. The van der Waals surface area contributed by atoms with Crippen LogP contribution in [0.15, 0.2) is 18.6 Å². The summed E-state index contributed by atoms with van der Waals surface area (Å²) < 4.78 is 5.86. The molecule has 0 aliphatic heterocycles. The van der Waals surface area contributed by atoms with Gasteiger partial charge in [0.1, 0.15) is 6.20 Å². The Balaban J connectivity index is 2.44. The van der Waals surface area contributed by atoms with Crippen molar-refractivity contribution in [3.63, 3.8) is 0 Å². The number of carbonyl (C=O) groups excluding carboxylic acids is 1. The first-order valence-corrected chi connectivity index (χ1v) is 5.79. The second-order valence-corrected chi connectivity index (χ2v) is 3.84. The molecule has 104 valence electrons. The third kappa shape index (κ3) is 2.72. The van der Waals surface area contributed by atoms with Crippen LogP contribution in [0, 0.1) is 10.1 Å². The number of nitro groups is 1. The van der Waals surface area contributed by atoms with Crippen molar-refractivity contribution in [2.24, 2.45) is 0 Å². The fourth-order valence-electron chi connectivity index (χ4n) is 1.40. The number of aromatic nitrogens is 4. The first-order chi connectivity index (χ1) is 9.52. The lowest BCUT2D eigenvalue weighted by Crippen LogP contribution is -2.06. The smallest absolute Gasteiger partial charge is 0.341 e. The van der Waals surface area contributed by atoms with Gasteiger partial charge in [-0.1, -0.05) is 0 Å². The molecule has 0 saturated carbocycles. The maximum atomic E-state index is 11.5. The summed E-state index contributed by atoms with van der Waals surface area (Å²) in [4.78, 5) is 29.0. The minimum atomic E-state index is -0.669. The van der Waals surface area contributed by atoms with E-state index in [9.17, 15) is 14.9 Å². The Morgan fingerprint density at radius 2 is 2.30 bits per heavy atom. The van der Waals surface area contributed by atoms with Gasteiger partial charge < -0.3 is 4.74 Å². The van der Waals surface area contributed by atoms with E-state index in [-0.39, 0.29) is 29.0 Å². The SMILES string of the molecule is CCOC(=O)c1cnn(-c2nc(Cl)ncc2[N+](=O)[O-])c1. The molecular weight excluding hydrogens is 290 g/mol. The summed E-state index contributed by atoms with van der Waals surface area (Å²) in [5.41, 5.74) is -0.233. The highest BCUT2D eigenvalue weighted by molar-refractivity contribution is 6.28. The monoisotopic (exact) mass is 297 g/mol. The Morgan fingerprint density at radius 3 is 2.95 bits per heavy atom. The molecule has 2 rings (SSSR count). The van der Waals surface area contributed by atoms with Gasteiger partial charge in [0.05, 0.1) is 23.3 Å². The predicted molar refractivity (Wildman–Crippen MR) is 66.8 cm³/mol. The summed E-state index contributed by atoms with van der Waals surface area (Å²) in [6, 6.07) is 0. The van der Waals surface area contributed by atoms with Crippen molar-refractivity contribution in [1.82, 2.24) is 19.7 Å². The molecule has 0 N–H and O–H groups in total. The number of esters is 1. The fraction of sp³-hybridized carbons (Fsp3) is 0.200. The van der Waals surface area contributed by atoms with E-state index in [4.69, 9.17) is 16.3 Å². The average Bonchev–Trinajstić information content (AvgIpc) is 2.88. The van der Waals surface area contributed by atoms with E-state index in [2.05, 4.69) is 15.1 Å². The normalized spacial score (nSPS) is 10.3. The highest BCUT2D eigenvalue weighted by atomic mass is 35.5. The van der Waals surface area contributed by atoms with Crippen molar-refractivity contribution in [1.29, 1.82) is 0 Å². The Hall–Kier alpha value is -2.55. The second-order valence-electron chi connectivity index (χ2n) is 3.50. The van der Waals surface area contributed by atoms with Gasteiger partial charge in [-0.15, -0.1) is 0 Å². The second kappa shape index (κ2) is 5.61. The van der Waals surface area contributed by atoms with Gasteiger partial charge in [0.25, 0.3) is 0 Å². The molecule has 0 spiro atoms. The van der Waals surface area contributed by atoms with Gasteiger partial charge >= 0.3 is 11.7 Å². The highest BCUT2D eigenvalue weighted by Crippen LogP contribution is 2.20. The van der Waals surface area contributed by atoms with Crippen LogP contribution in [0.2, 0.25) is 5.28 Å². The van der Waals surface area contributed by atoms with Gasteiger partial charge in [-0.25, -0.2) is 14.5 Å². The summed E-state index contributed by atoms with van der Waals surface area (Å²) in [5.74, 6) is -0.716. The van der Waals surface area contributed by atoms with Crippen molar-refractivity contribution in [3.05, 3.63) is 39.6 Å². The lowest BCUT2D eigenvalue weighted by molar-refractivity contribution is -0.385. The molecular formula is C10H8ClN5O4. The summed E-state index contributed by atoms with van der Waals surface area (Å²) >= 11 is 5.61. The van der Waals surface area contributed by atoms with Gasteiger partial charge in [0.15, 0.2) is 0 Å². The summed E-state index contributed by atoms with van der Waals surface area (Å²) in [5, 5.41) is 14.6. The molecule has 0 radical (unpaired) electrons. The van der Waals surface area contributed by atoms with Crippen LogP contribution in [-0.4, -0.2) is 37.2 Å². The van der Waals surface area contributed by atoms with E-state index in [0.29, 0.717) is 0 Å². The molecule has 2 aromatic rings. The number of hydrogen-bond acceptors (Lipinski definition) is 7. The van der Waals surface area contributed by atoms with Crippen LogP contribution in [0.1, 0.15) is 17.3 Å². The molecule has 0 bridgehead atoms. The van der Waals surface area contributed by atoms with Crippen LogP contribution in [0.5, 0.6) is 0 Å². The highest BCUT2D eigenvalue weighted by Gasteiger charge is 2.20. The number of rotatable bonds is 4. The zero-order valence-electron chi connectivity index (χ0n) is 10.2. The molecule has 0 unspecified atom stereocenters. The Labute approximate surface area is 117 Å². The minimum Gasteiger partial charge on any atom is -0.462 e. The summed E-state index contributed by atoms with van der Waals surface area (Å²) in [6.07, 6.45) is 3.46. The lowest BCUT2D eigenvalue weighted by atomic mass is 10.4. The van der Waals surface area contributed by atoms with Crippen LogP contribution in [-0.2, 0) is 4.74 Å². The first-order valence-electron chi connectivity index (χ1n) is 5.42. The van der Waals surface area contributed by atoms with E-state index in [1.807, 2.05) is 0 Å². The zero-order chi connectivity index (χ0) is 14.7. The maximum Gasteiger partial charge on any atom is 0.341 e. The van der Waals surface area contributed by atoms with E-state index in [1.165, 1.54) is 12.4 Å². The van der Waals surface area contributed by atoms with Crippen LogP contribution in [0.3, 0.4) is 0 Å². The van der Waals surface area contributed by atoms with Crippen LogP contribution < -0.4 is 0 Å². The van der Waals surface area contributed by atoms with Gasteiger partial charge in [0.2, 0.25) is 11.1 Å². The Kier molecular flexibility index (Phi) is 3.89. The molecule has 2 heterocycles. The van der Waals surface area contributed by atoms with Crippen molar-refractivity contribution < 1.29 is 14.5 Å². The number of ether oxygens (including phenoxy) is 1.